The zero-order valence-corrected chi connectivity index (χ0v) is 13.9. The molecule has 0 aliphatic rings. The number of halogens is 1. The van der Waals surface area contributed by atoms with Crippen LogP contribution in [0.4, 0.5) is 10.1 Å². The fraction of sp³-hybridized carbons (Fsp3) is 0.125. The van der Waals surface area contributed by atoms with Crippen LogP contribution in [0.2, 0.25) is 0 Å². The Morgan fingerprint density at radius 1 is 1.08 bits per heavy atom. The van der Waals surface area contributed by atoms with Crippen LogP contribution in [-0.2, 0) is 0 Å². The van der Waals surface area contributed by atoms with E-state index < -0.39 is 11.7 Å². The standard InChI is InChI=1S/C16H16FN3O3S/c1-22-10-7-8-11(12(17)9-10)15(21)19-20-16(24)18-13-5-3-4-6-14(13)23-2/h3-9H,1-2H3,(H,19,21)(H2,18,20,24). The Morgan fingerprint density at radius 2 is 1.83 bits per heavy atom. The minimum atomic E-state index is -0.697. The molecule has 0 aliphatic heterocycles. The summed E-state index contributed by atoms with van der Waals surface area (Å²) in [5, 5.41) is 2.99. The first-order valence-electron chi connectivity index (χ1n) is 6.89. The normalized spacial score (nSPS) is 9.79. The zero-order valence-electron chi connectivity index (χ0n) is 13.1. The fourth-order valence-corrected chi connectivity index (χ4v) is 2.05. The summed E-state index contributed by atoms with van der Waals surface area (Å²) in [6.45, 7) is 0. The lowest BCUT2D eigenvalue weighted by atomic mass is 10.2. The lowest BCUT2D eigenvalue weighted by Gasteiger charge is -2.14. The maximum Gasteiger partial charge on any atom is 0.272 e. The molecule has 2 aromatic rings. The molecule has 1 amide bonds. The van der Waals surface area contributed by atoms with Gasteiger partial charge in [-0.05, 0) is 36.5 Å². The number of carbonyl (C=O) groups excluding carboxylic acids is 1. The molecule has 0 spiro atoms. The fourth-order valence-electron chi connectivity index (χ4n) is 1.89. The van der Waals surface area contributed by atoms with E-state index in [-0.39, 0.29) is 10.7 Å². The Bertz CT molecular complexity index is 755. The highest BCUT2D eigenvalue weighted by atomic mass is 32.1. The summed E-state index contributed by atoms with van der Waals surface area (Å²) in [5.74, 6) is -0.448. The minimum absolute atomic E-state index is 0.127. The number of anilines is 1. The van der Waals surface area contributed by atoms with Crippen LogP contribution >= 0.6 is 12.2 Å². The molecule has 8 heteroatoms. The second kappa shape index (κ2) is 8.11. The van der Waals surface area contributed by atoms with Gasteiger partial charge < -0.3 is 14.8 Å². The van der Waals surface area contributed by atoms with Gasteiger partial charge in [-0.25, -0.2) is 4.39 Å². The summed E-state index contributed by atoms with van der Waals surface area (Å²) in [6.07, 6.45) is 0. The Balaban J connectivity index is 1.95. The molecule has 0 aromatic heterocycles. The number of nitrogens with one attached hydrogen (secondary N) is 3. The number of carbonyl (C=O) groups is 1. The molecule has 0 atom stereocenters. The molecule has 2 aromatic carbocycles. The van der Waals surface area contributed by atoms with Crippen molar-refractivity contribution in [1.29, 1.82) is 0 Å². The zero-order chi connectivity index (χ0) is 17.5. The van der Waals surface area contributed by atoms with Gasteiger partial charge in [0.05, 0.1) is 25.5 Å². The van der Waals surface area contributed by atoms with E-state index in [4.69, 9.17) is 21.7 Å². The molecular formula is C16H16FN3O3S. The molecule has 0 bridgehead atoms. The third-order valence-electron chi connectivity index (χ3n) is 3.07. The predicted octanol–water partition coefficient (Wildman–Crippen LogP) is 2.47. The first-order valence-corrected chi connectivity index (χ1v) is 7.30. The predicted molar refractivity (Wildman–Crippen MR) is 92.8 cm³/mol. The number of rotatable bonds is 4. The Kier molecular flexibility index (Phi) is 5.91. The second-order valence-electron chi connectivity index (χ2n) is 4.58. The van der Waals surface area contributed by atoms with E-state index in [1.807, 2.05) is 6.07 Å². The van der Waals surface area contributed by atoms with Gasteiger partial charge in [0.2, 0.25) is 0 Å². The van der Waals surface area contributed by atoms with Crippen molar-refractivity contribution in [2.45, 2.75) is 0 Å². The van der Waals surface area contributed by atoms with Crippen LogP contribution < -0.4 is 25.6 Å². The van der Waals surface area contributed by atoms with Gasteiger partial charge in [0, 0.05) is 6.07 Å². The molecule has 2 rings (SSSR count). The van der Waals surface area contributed by atoms with Crippen LogP contribution in [0.25, 0.3) is 0 Å². The molecule has 3 N–H and O–H groups in total. The summed E-state index contributed by atoms with van der Waals surface area (Å²) in [4.78, 5) is 12.0. The molecule has 0 aliphatic carbocycles. The maximum atomic E-state index is 13.8. The van der Waals surface area contributed by atoms with Crippen LogP contribution in [-0.4, -0.2) is 25.2 Å². The molecule has 0 unspecified atom stereocenters. The molecule has 6 nitrogen and oxygen atoms in total. The first kappa shape index (κ1) is 17.5. The highest BCUT2D eigenvalue weighted by Gasteiger charge is 2.13. The van der Waals surface area contributed by atoms with E-state index in [0.717, 1.165) is 6.07 Å². The van der Waals surface area contributed by atoms with Crippen molar-refractivity contribution in [3.8, 4) is 11.5 Å². The van der Waals surface area contributed by atoms with E-state index in [0.29, 0.717) is 17.2 Å². The van der Waals surface area contributed by atoms with Crippen LogP contribution in [0.5, 0.6) is 11.5 Å². The molecule has 0 heterocycles. The average molecular weight is 349 g/mol. The Hall–Kier alpha value is -2.87. The van der Waals surface area contributed by atoms with Crippen LogP contribution in [0.1, 0.15) is 10.4 Å². The van der Waals surface area contributed by atoms with Crippen molar-refractivity contribution in [3.05, 3.63) is 53.8 Å². The summed E-state index contributed by atoms with van der Waals surface area (Å²) in [5.41, 5.74) is 5.32. The molecule has 0 saturated carbocycles. The number of thiocarbonyl (C=S) groups is 1. The number of hydrogen-bond donors (Lipinski definition) is 3. The van der Waals surface area contributed by atoms with E-state index in [2.05, 4.69) is 16.2 Å². The lowest BCUT2D eigenvalue weighted by Crippen LogP contribution is -2.44. The SMILES string of the molecule is COc1ccc(C(=O)NNC(=S)Nc2ccccc2OC)c(F)c1. The highest BCUT2D eigenvalue weighted by molar-refractivity contribution is 7.80. The third kappa shape index (κ3) is 4.32. The maximum absolute atomic E-state index is 13.8. The third-order valence-corrected chi connectivity index (χ3v) is 3.27. The van der Waals surface area contributed by atoms with E-state index in [1.165, 1.54) is 26.4 Å². The van der Waals surface area contributed by atoms with E-state index >= 15 is 0 Å². The molecule has 24 heavy (non-hydrogen) atoms. The Morgan fingerprint density at radius 3 is 2.50 bits per heavy atom. The average Bonchev–Trinajstić information content (AvgIpc) is 2.60. The molecule has 0 saturated heterocycles. The smallest absolute Gasteiger partial charge is 0.272 e. The van der Waals surface area contributed by atoms with Crippen molar-refractivity contribution in [2.75, 3.05) is 19.5 Å². The largest absolute Gasteiger partial charge is 0.497 e. The number of hydrogen-bond acceptors (Lipinski definition) is 4. The van der Waals surface area contributed by atoms with E-state index in [9.17, 15) is 9.18 Å². The first-order chi connectivity index (χ1) is 11.5. The van der Waals surface area contributed by atoms with Gasteiger partial charge in [-0.1, -0.05) is 12.1 Å². The summed E-state index contributed by atoms with van der Waals surface area (Å²) < 4.78 is 23.9. The van der Waals surface area contributed by atoms with E-state index in [1.54, 1.807) is 18.2 Å². The van der Waals surface area contributed by atoms with Crippen LogP contribution in [0.3, 0.4) is 0 Å². The minimum Gasteiger partial charge on any atom is -0.497 e. The number of amides is 1. The summed E-state index contributed by atoms with van der Waals surface area (Å²) >= 11 is 5.08. The van der Waals surface area contributed by atoms with Gasteiger partial charge in [-0.3, -0.25) is 15.6 Å². The van der Waals surface area contributed by atoms with Gasteiger partial charge >= 0.3 is 0 Å². The topological polar surface area (TPSA) is 71.6 Å². The number of hydrazine groups is 1. The monoisotopic (exact) mass is 349 g/mol. The van der Waals surface area contributed by atoms with Crippen LogP contribution in [0.15, 0.2) is 42.5 Å². The van der Waals surface area contributed by atoms with Crippen molar-refractivity contribution in [3.63, 3.8) is 0 Å². The van der Waals surface area contributed by atoms with Crippen molar-refractivity contribution >= 4 is 28.9 Å². The van der Waals surface area contributed by atoms with Gasteiger partial charge in [0.25, 0.3) is 5.91 Å². The second-order valence-corrected chi connectivity index (χ2v) is 4.99. The van der Waals surface area contributed by atoms with Gasteiger partial charge in [-0.15, -0.1) is 0 Å². The summed E-state index contributed by atoms with van der Waals surface area (Å²) in [7, 11) is 2.95. The molecule has 0 fully saturated rings. The molecule has 0 radical (unpaired) electrons. The lowest BCUT2D eigenvalue weighted by molar-refractivity contribution is 0.0940. The number of ether oxygens (including phenoxy) is 2. The summed E-state index contributed by atoms with van der Waals surface area (Å²) in [6, 6.07) is 11.1. The van der Waals surface area contributed by atoms with Gasteiger partial charge in [-0.2, -0.15) is 0 Å². The molecular weight excluding hydrogens is 333 g/mol. The van der Waals surface area contributed by atoms with Gasteiger partial charge in [0.1, 0.15) is 17.3 Å². The quantitative estimate of drug-likeness (QED) is 0.582. The number of benzene rings is 2. The number of para-hydroxylation sites is 2. The Labute approximate surface area is 143 Å². The number of methoxy groups -OCH3 is 2. The van der Waals surface area contributed by atoms with Gasteiger partial charge in [0.15, 0.2) is 5.11 Å². The van der Waals surface area contributed by atoms with Crippen LogP contribution in [0, 0.1) is 5.82 Å². The molecule has 126 valence electrons. The van der Waals surface area contributed by atoms with Crippen molar-refractivity contribution in [1.82, 2.24) is 10.9 Å². The highest BCUT2D eigenvalue weighted by Crippen LogP contribution is 2.22. The van der Waals surface area contributed by atoms with Crippen molar-refractivity contribution in [2.24, 2.45) is 0 Å². The van der Waals surface area contributed by atoms with Crippen molar-refractivity contribution < 1.29 is 18.7 Å².